The Kier molecular flexibility index (Phi) is 54.4. The highest BCUT2D eigenvalue weighted by molar-refractivity contribution is 7.47. The number of ether oxygens (including phenoxy) is 2. The Morgan fingerprint density at radius 2 is 0.726 bits per heavy atom. The lowest BCUT2D eigenvalue weighted by Gasteiger charge is -2.19. The van der Waals surface area contributed by atoms with E-state index in [9.17, 15) is 19.0 Å². The predicted molar refractivity (Wildman–Crippen MR) is 311 cm³/mol. The van der Waals surface area contributed by atoms with Gasteiger partial charge in [-0.15, -0.1) is 0 Å². The normalized spacial score (nSPS) is 14.1. The van der Waals surface area contributed by atoms with Crippen molar-refractivity contribution in [1.29, 1.82) is 0 Å². The van der Waals surface area contributed by atoms with Gasteiger partial charge in [0.25, 0.3) is 0 Å². The molecule has 0 aliphatic rings. The molecule has 0 saturated carbocycles. The van der Waals surface area contributed by atoms with Crippen molar-refractivity contribution in [2.75, 3.05) is 26.4 Å². The molecule has 0 aromatic carbocycles. The first-order valence-corrected chi connectivity index (χ1v) is 30.2. The molecule has 2 atom stereocenters. The topological polar surface area (TPSA) is 134 Å². The summed E-state index contributed by atoms with van der Waals surface area (Å²) in [4.78, 5) is 35.2. The molecule has 414 valence electrons. The molecule has 0 aliphatic heterocycles. The van der Waals surface area contributed by atoms with Crippen molar-refractivity contribution in [3.8, 4) is 0 Å². The number of rotatable bonds is 52. The third kappa shape index (κ3) is 57.3. The molecule has 0 heterocycles. The fourth-order valence-electron chi connectivity index (χ4n) is 7.38. The Labute approximate surface area is 446 Å². The maximum Gasteiger partial charge on any atom is 0.472 e. The van der Waals surface area contributed by atoms with E-state index in [1.165, 1.54) is 89.9 Å². The van der Waals surface area contributed by atoms with Crippen molar-refractivity contribution in [3.05, 3.63) is 134 Å². The monoisotopic (exact) mass is 1030 g/mol. The van der Waals surface area contributed by atoms with Crippen molar-refractivity contribution < 1.29 is 37.6 Å². The second-order valence-electron chi connectivity index (χ2n) is 18.4. The largest absolute Gasteiger partial charge is 0.472 e. The maximum atomic E-state index is 12.7. The molecule has 0 radical (unpaired) electrons. The summed E-state index contributed by atoms with van der Waals surface area (Å²) < 4.78 is 33.0. The van der Waals surface area contributed by atoms with Gasteiger partial charge in [0, 0.05) is 19.4 Å². The summed E-state index contributed by atoms with van der Waals surface area (Å²) >= 11 is 0. The van der Waals surface area contributed by atoms with Crippen LogP contribution >= 0.6 is 7.82 Å². The van der Waals surface area contributed by atoms with Crippen LogP contribution in [0.25, 0.3) is 0 Å². The van der Waals surface area contributed by atoms with Gasteiger partial charge in [0.1, 0.15) is 6.61 Å². The summed E-state index contributed by atoms with van der Waals surface area (Å²) in [7, 11) is -4.41. The fraction of sp³-hybridized carbons (Fsp3) is 0.619. The Morgan fingerprint density at radius 3 is 1.10 bits per heavy atom. The molecule has 0 saturated heterocycles. The van der Waals surface area contributed by atoms with Gasteiger partial charge in [-0.2, -0.15) is 0 Å². The van der Waals surface area contributed by atoms with Crippen LogP contribution in [0.1, 0.15) is 219 Å². The van der Waals surface area contributed by atoms with E-state index < -0.39 is 32.5 Å². The van der Waals surface area contributed by atoms with Crippen molar-refractivity contribution in [2.24, 2.45) is 5.73 Å². The Bertz CT molecular complexity index is 1650. The molecule has 0 bridgehead atoms. The summed E-state index contributed by atoms with van der Waals surface area (Å²) in [5.74, 6) is -0.904. The molecule has 0 rings (SSSR count). The van der Waals surface area contributed by atoms with Crippen LogP contribution in [0.2, 0.25) is 0 Å². The molecule has 10 heteroatoms. The number of esters is 2. The Hall–Kier alpha value is -3.85. The van der Waals surface area contributed by atoms with E-state index in [0.717, 1.165) is 89.9 Å². The van der Waals surface area contributed by atoms with Crippen LogP contribution in [0.15, 0.2) is 134 Å². The number of allylic oxidation sites excluding steroid dienone is 22. The predicted octanol–water partition coefficient (Wildman–Crippen LogP) is 18.2. The Morgan fingerprint density at radius 1 is 0.411 bits per heavy atom. The van der Waals surface area contributed by atoms with Crippen molar-refractivity contribution in [2.45, 2.75) is 225 Å². The molecule has 2 unspecified atom stereocenters. The molecule has 0 aromatic heterocycles. The minimum absolute atomic E-state index is 0.0376. The molecule has 0 aliphatic carbocycles. The van der Waals surface area contributed by atoms with Gasteiger partial charge in [0.05, 0.1) is 13.2 Å². The summed E-state index contributed by atoms with van der Waals surface area (Å²) in [6.45, 7) is 3.44. The number of nitrogens with two attached hydrogens (primary N) is 1. The average Bonchev–Trinajstić information content (AvgIpc) is 3.38. The first-order valence-electron chi connectivity index (χ1n) is 28.7. The lowest BCUT2D eigenvalue weighted by molar-refractivity contribution is -0.161. The molecule has 3 N–H and O–H groups in total. The van der Waals surface area contributed by atoms with E-state index >= 15 is 0 Å². The van der Waals surface area contributed by atoms with Gasteiger partial charge in [0.15, 0.2) is 6.10 Å². The van der Waals surface area contributed by atoms with Crippen LogP contribution in [0.4, 0.5) is 0 Å². The molecular formula is C63H104NO8P. The minimum Gasteiger partial charge on any atom is -0.462 e. The number of unbranched alkanes of at least 4 members (excludes halogenated alkanes) is 17. The van der Waals surface area contributed by atoms with E-state index in [0.29, 0.717) is 12.8 Å². The number of carbonyl (C=O) groups excluding carboxylic acids is 2. The molecular weight excluding hydrogens is 930 g/mol. The SMILES string of the molecule is CC/C=C\C/C=C\C/C=C\C/C=C\C/C=C\C/C=C\C/C=C\CCCC(=O)OC(COC(=O)CCCCCCCCCCCCCCCCCC/C=C\C/C=C\C/C=C\C/C=C\CC)COP(=O)(O)OCCN. The zero-order valence-electron chi connectivity index (χ0n) is 46.1. The highest BCUT2D eigenvalue weighted by atomic mass is 31.2. The highest BCUT2D eigenvalue weighted by Crippen LogP contribution is 2.43. The standard InChI is InChI=1S/C63H104NO8P/c1-3-5-7-9-11-13-15-17-19-21-23-25-27-28-29-30-31-32-34-35-37-39-41-43-45-47-49-51-53-55-62(65)69-59-61(60-71-73(67,68)70-58-57-64)72-63(66)56-54-52-50-48-46-44-42-40-38-36-33-26-24-22-20-18-16-14-12-10-8-6-4-2/h5-8,11-14,17-20,23-26,36,38,42,44,48,50,61H,3-4,9-10,15-16,21-22,27-35,37,39-41,43,45-47,49,51-60,64H2,1-2H3,(H,67,68)/b7-5-,8-6-,13-11-,14-12-,19-17-,20-18-,25-23-,26-24-,38-36-,44-42-,50-48-. The molecule has 9 nitrogen and oxygen atoms in total. The maximum absolute atomic E-state index is 12.7. The second-order valence-corrected chi connectivity index (χ2v) is 19.8. The molecule has 0 spiro atoms. The van der Waals surface area contributed by atoms with Crippen LogP contribution in [0, 0.1) is 0 Å². The fourth-order valence-corrected chi connectivity index (χ4v) is 8.15. The lowest BCUT2D eigenvalue weighted by Crippen LogP contribution is -2.29. The first kappa shape index (κ1) is 69.2. The molecule has 0 fully saturated rings. The number of carbonyl (C=O) groups is 2. The van der Waals surface area contributed by atoms with E-state index in [1.807, 2.05) is 6.08 Å². The van der Waals surface area contributed by atoms with Crippen molar-refractivity contribution in [3.63, 3.8) is 0 Å². The highest BCUT2D eigenvalue weighted by Gasteiger charge is 2.26. The smallest absolute Gasteiger partial charge is 0.462 e. The lowest BCUT2D eigenvalue weighted by atomic mass is 10.0. The zero-order chi connectivity index (χ0) is 53.1. The summed E-state index contributed by atoms with van der Waals surface area (Å²) in [6, 6.07) is 0. The molecule has 0 amide bonds. The van der Waals surface area contributed by atoms with E-state index in [1.54, 1.807) is 0 Å². The van der Waals surface area contributed by atoms with Crippen LogP contribution in [-0.4, -0.2) is 49.3 Å². The van der Waals surface area contributed by atoms with Crippen LogP contribution < -0.4 is 5.73 Å². The number of hydrogen-bond donors (Lipinski definition) is 2. The summed E-state index contributed by atoms with van der Waals surface area (Å²) in [5.41, 5.74) is 5.37. The van der Waals surface area contributed by atoms with Gasteiger partial charge in [-0.25, -0.2) is 4.57 Å². The summed E-state index contributed by atoms with van der Waals surface area (Å²) in [6.07, 6.45) is 80.9. The number of phosphoric acid groups is 1. The number of hydrogen-bond acceptors (Lipinski definition) is 8. The average molecular weight is 1030 g/mol. The molecule has 0 aromatic rings. The third-order valence-electron chi connectivity index (χ3n) is 11.5. The van der Waals surface area contributed by atoms with Crippen molar-refractivity contribution >= 4 is 19.8 Å². The Balaban J connectivity index is 4.07. The van der Waals surface area contributed by atoms with E-state index in [-0.39, 0.29) is 32.6 Å². The quantitative estimate of drug-likeness (QED) is 0.0264. The van der Waals surface area contributed by atoms with Crippen LogP contribution in [-0.2, 0) is 32.7 Å². The van der Waals surface area contributed by atoms with Crippen molar-refractivity contribution in [1.82, 2.24) is 0 Å². The second kappa shape index (κ2) is 57.4. The summed E-state index contributed by atoms with van der Waals surface area (Å²) in [5, 5.41) is 0. The van der Waals surface area contributed by atoms with Gasteiger partial charge in [-0.05, 0) is 103 Å². The van der Waals surface area contributed by atoms with Crippen LogP contribution in [0.5, 0.6) is 0 Å². The van der Waals surface area contributed by atoms with Gasteiger partial charge in [0.2, 0.25) is 0 Å². The zero-order valence-corrected chi connectivity index (χ0v) is 47.0. The van der Waals surface area contributed by atoms with Gasteiger partial charge in [-0.3, -0.25) is 18.6 Å². The third-order valence-corrected chi connectivity index (χ3v) is 12.5. The van der Waals surface area contributed by atoms with Gasteiger partial charge < -0.3 is 20.1 Å². The van der Waals surface area contributed by atoms with Gasteiger partial charge >= 0.3 is 19.8 Å². The molecule has 73 heavy (non-hydrogen) atoms. The number of phosphoric ester groups is 1. The van der Waals surface area contributed by atoms with Gasteiger partial charge in [-0.1, -0.05) is 237 Å². The van der Waals surface area contributed by atoms with E-state index in [2.05, 4.69) is 141 Å². The first-order chi connectivity index (χ1) is 35.8. The minimum atomic E-state index is -4.41. The van der Waals surface area contributed by atoms with Crippen LogP contribution in [0.3, 0.4) is 0 Å². The van der Waals surface area contributed by atoms with E-state index in [4.69, 9.17) is 24.3 Å².